The van der Waals surface area contributed by atoms with Crippen molar-refractivity contribution in [3.05, 3.63) is 29.6 Å². The molecule has 0 saturated heterocycles. The average molecular weight is 429 g/mol. The number of anilines is 1. The predicted octanol–water partition coefficient (Wildman–Crippen LogP) is 2.46. The molecule has 0 saturated carbocycles. The van der Waals surface area contributed by atoms with E-state index in [-0.39, 0.29) is 19.0 Å². The molecule has 8 heteroatoms. The molecule has 1 aliphatic carbocycles. The Kier molecular flexibility index (Phi) is 7.92. The average Bonchev–Trinajstić information content (AvgIpc) is 3.20. The molecule has 0 fully saturated rings. The van der Waals surface area contributed by atoms with E-state index in [4.69, 9.17) is 19.4 Å². The number of methoxy groups -OCH3 is 1. The third-order valence-corrected chi connectivity index (χ3v) is 5.08. The first-order valence-corrected chi connectivity index (χ1v) is 10.8. The molecule has 0 aromatic carbocycles. The Morgan fingerprint density at radius 1 is 1.26 bits per heavy atom. The molecule has 0 radical (unpaired) electrons. The zero-order valence-corrected chi connectivity index (χ0v) is 18.8. The van der Waals surface area contributed by atoms with Crippen molar-refractivity contribution in [3.63, 3.8) is 0 Å². The Bertz CT molecular complexity index is 903. The van der Waals surface area contributed by atoms with Gasteiger partial charge in [-0.25, -0.2) is 9.97 Å². The minimum Gasteiger partial charge on any atom is -0.491 e. The van der Waals surface area contributed by atoms with Gasteiger partial charge in [0.25, 0.3) is 0 Å². The zero-order valence-electron chi connectivity index (χ0n) is 18.8. The van der Waals surface area contributed by atoms with Crippen LogP contribution in [0.4, 0.5) is 5.82 Å². The summed E-state index contributed by atoms with van der Waals surface area (Å²) in [6, 6.07) is 3.50. The Labute approximate surface area is 183 Å². The van der Waals surface area contributed by atoms with Crippen molar-refractivity contribution in [2.45, 2.75) is 45.6 Å². The van der Waals surface area contributed by atoms with Crippen molar-refractivity contribution < 1.29 is 19.4 Å². The fourth-order valence-electron chi connectivity index (χ4n) is 3.76. The van der Waals surface area contributed by atoms with Crippen LogP contribution < -0.4 is 9.64 Å². The lowest BCUT2D eigenvalue weighted by atomic mass is 10.1. The van der Waals surface area contributed by atoms with Crippen LogP contribution in [0.25, 0.3) is 11.5 Å². The normalized spacial score (nSPS) is 13.9. The Morgan fingerprint density at radius 2 is 2.06 bits per heavy atom. The molecule has 31 heavy (non-hydrogen) atoms. The van der Waals surface area contributed by atoms with Gasteiger partial charge in [0.1, 0.15) is 30.0 Å². The fraction of sp³-hybridized carbons (Fsp3) is 0.565. The van der Waals surface area contributed by atoms with Gasteiger partial charge >= 0.3 is 0 Å². The number of pyridine rings is 1. The molecule has 2 heterocycles. The Morgan fingerprint density at radius 3 is 2.81 bits per heavy atom. The summed E-state index contributed by atoms with van der Waals surface area (Å²) in [5, 5.41) is 9.80. The molecule has 1 atom stereocenters. The highest BCUT2D eigenvalue weighted by molar-refractivity contribution is 5.83. The number of ketones is 1. The van der Waals surface area contributed by atoms with Crippen molar-refractivity contribution in [1.29, 1.82) is 0 Å². The lowest BCUT2D eigenvalue weighted by Crippen LogP contribution is -2.28. The second-order valence-electron chi connectivity index (χ2n) is 8.44. The summed E-state index contributed by atoms with van der Waals surface area (Å²) in [7, 11) is 3.44. The third kappa shape index (κ3) is 6.21. The molecule has 0 bridgehead atoms. The summed E-state index contributed by atoms with van der Waals surface area (Å²) in [4.78, 5) is 28.3. The summed E-state index contributed by atoms with van der Waals surface area (Å²) in [5.74, 6) is 2.43. The maximum absolute atomic E-state index is 12.4. The van der Waals surface area contributed by atoms with E-state index in [0.717, 1.165) is 36.3 Å². The second kappa shape index (κ2) is 10.6. The fourth-order valence-corrected chi connectivity index (χ4v) is 3.76. The SMILES string of the molecule is COC[C@@H](O)COc1ccnc(-c2nc3c(c(N(C)CC(=O)CC(C)C)n2)CCC3)c1. The number of Topliss-reactive ketones (excluding diaryl/α,β-unsaturated/α-hetero) is 1. The molecule has 2 aromatic rings. The lowest BCUT2D eigenvalue weighted by Gasteiger charge is -2.21. The van der Waals surface area contributed by atoms with E-state index in [1.807, 2.05) is 25.8 Å². The summed E-state index contributed by atoms with van der Waals surface area (Å²) in [6.07, 6.45) is 4.33. The Hall–Kier alpha value is -2.58. The van der Waals surface area contributed by atoms with Crippen LogP contribution in [0.3, 0.4) is 0 Å². The summed E-state index contributed by atoms with van der Waals surface area (Å²) >= 11 is 0. The molecule has 2 aromatic heterocycles. The standard InChI is InChI=1S/C23H32N4O4/c1-15(2)10-16(28)12-27(3)23-19-6-5-7-20(19)25-22(26-23)21-11-18(8-9-24-21)31-14-17(29)13-30-4/h8-9,11,15,17,29H,5-7,10,12-14H2,1-4H3/t17-/m1/s1. The zero-order chi connectivity index (χ0) is 22.4. The van der Waals surface area contributed by atoms with Crippen molar-refractivity contribution in [1.82, 2.24) is 15.0 Å². The maximum atomic E-state index is 12.4. The van der Waals surface area contributed by atoms with Crippen molar-refractivity contribution in [2.24, 2.45) is 5.92 Å². The minimum atomic E-state index is -0.707. The van der Waals surface area contributed by atoms with E-state index in [9.17, 15) is 9.90 Å². The number of hydrogen-bond acceptors (Lipinski definition) is 8. The number of aromatic nitrogens is 3. The van der Waals surface area contributed by atoms with Gasteiger partial charge in [-0.3, -0.25) is 9.78 Å². The number of ether oxygens (including phenoxy) is 2. The largest absolute Gasteiger partial charge is 0.491 e. The van der Waals surface area contributed by atoms with Gasteiger partial charge in [0.15, 0.2) is 11.6 Å². The maximum Gasteiger partial charge on any atom is 0.180 e. The van der Waals surface area contributed by atoms with Crippen molar-refractivity contribution in [3.8, 4) is 17.3 Å². The van der Waals surface area contributed by atoms with E-state index in [2.05, 4.69) is 4.98 Å². The first-order valence-electron chi connectivity index (χ1n) is 10.8. The molecule has 1 N–H and O–H groups in total. The third-order valence-electron chi connectivity index (χ3n) is 5.08. The predicted molar refractivity (Wildman–Crippen MR) is 118 cm³/mol. The monoisotopic (exact) mass is 428 g/mol. The number of hydrogen-bond donors (Lipinski definition) is 1. The molecule has 0 spiro atoms. The van der Waals surface area contributed by atoms with E-state index in [1.54, 1.807) is 18.3 Å². The highest BCUT2D eigenvalue weighted by Crippen LogP contribution is 2.31. The van der Waals surface area contributed by atoms with Crippen molar-refractivity contribution in [2.75, 3.05) is 38.8 Å². The number of aryl methyl sites for hydroxylation is 1. The number of rotatable bonds is 11. The number of aliphatic hydroxyl groups is 1. The number of carbonyl (C=O) groups excluding carboxylic acids is 1. The molecule has 0 aliphatic heterocycles. The second-order valence-corrected chi connectivity index (χ2v) is 8.44. The summed E-state index contributed by atoms with van der Waals surface area (Å²) in [5.41, 5.74) is 2.74. The van der Waals surface area contributed by atoms with Gasteiger partial charge in [-0.1, -0.05) is 13.8 Å². The van der Waals surface area contributed by atoms with Crippen LogP contribution >= 0.6 is 0 Å². The van der Waals surface area contributed by atoms with Crippen LogP contribution in [0.5, 0.6) is 5.75 Å². The van der Waals surface area contributed by atoms with Gasteiger partial charge in [-0.2, -0.15) is 0 Å². The molecule has 0 unspecified atom stereocenters. The van der Waals surface area contributed by atoms with Gasteiger partial charge in [-0.05, 0) is 31.2 Å². The molecule has 1 aliphatic rings. The van der Waals surface area contributed by atoms with E-state index < -0.39 is 6.10 Å². The number of likely N-dealkylation sites (N-methyl/N-ethyl adjacent to an activating group) is 1. The highest BCUT2D eigenvalue weighted by atomic mass is 16.5. The van der Waals surface area contributed by atoms with Gasteiger partial charge in [-0.15, -0.1) is 0 Å². The van der Waals surface area contributed by atoms with Gasteiger partial charge < -0.3 is 19.5 Å². The van der Waals surface area contributed by atoms with E-state index in [0.29, 0.717) is 36.2 Å². The van der Waals surface area contributed by atoms with Crippen LogP contribution in [-0.2, 0) is 22.4 Å². The molecule has 0 amide bonds. The minimum absolute atomic E-state index is 0.119. The Balaban J connectivity index is 1.83. The number of aliphatic hydroxyl groups excluding tert-OH is 1. The van der Waals surface area contributed by atoms with Crippen LogP contribution in [-0.4, -0.2) is 65.9 Å². The smallest absolute Gasteiger partial charge is 0.180 e. The molecular formula is C23H32N4O4. The molecule has 8 nitrogen and oxygen atoms in total. The summed E-state index contributed by atoms with van der Waals surface area (Å²) in [6.45, 7) is 4.75. The number of carbonyl (C=O) groups is 1. The van der Waals surface area contributed by atoms with E-state index >= 15 is 0 Å². The highest BCUT2D eigenvalue weighted by Gasteiger charge is 2.23. The van der Waals surface area contributed by atoms with Crippen LogP contribution in [0, 0.1) is 5.92 Å². The van der Waals surface area contributed by atoms with Crippen molar-refractivity contribution >= 4 is 11.6 Å². The van der Waals surface area contributed by atoms with Gasteiger partial charge in [0, 0.05) is 44.1 Å². The topological polar surface area (TPSA) is 97.7 Å². The van der Waals surface area contributed by atoms with Crippen LogP contribution in [0.2, 0.25) is 0 Å². The van der Waals surface area contributed by atoms with Crippen LogP contribution in [0.1, 0.15) is 37.9 Å². The van der Waals surface area contributed by atoms with Gasteiger partial charge in [0.2, 0.25) is 0 Å². The number of fused-ring (bicyclic) bond motifs is 1. The molecule has 168 valence electrons. The van der Waals surface area contributed by atoms with Crippen LogP contribution in [0.15, 0.2) is 18.3 Å². The number of nitrogens with zero attached hydrogens (tertiary/aromatic N) is 4. The van der Waals surface area contributed by atoms with Gasteiger partial charge in [0.05, 0.1) is 13.2 Å². The molecule has 3 rings (SSSR count). The summed E-state index contributed by atoms with van der Waals surface area (Å²) < 4.78 is 10.6. The lowest BCUT2D eigenvalue weighted by molar-refractivity contribution is -0.118. The van der Waals surface area contributed by atoms with E-state index in [1.165, 1.54) is 7.11 Å². The first-order chi connectivity index (χ1) is 14.9. The molecular weight excluding hydrogens is 396 g/mol. The first kappa shape index (κ1) is 23.1. The quantitative estimate of drug-likeness (QED) is 0.583.